The Morgan fingerprint density at radius 2 is 2.04 bits per heavy atom. The zero-order valence-corrected chi connectivity index (χ0v) is 13.8. The molecule has 27 heavy (non-hydrogen) atoms. The molecule has 0 fully saturated rings. The van der Waals surface area contributed by atoms with E-state index in [1.54, 1.807) is 17.1 Å². The number of amides is 1. The zero-order chi connectivity index (χ0) is 19.3. The molecule has 1 aromatic carbocycles. The SMILES string of the molecule is O=C(NCCCn1ccnn1)c1cc(-c2ccc(OC(F)(F)F)cc2)on1. The molecule has 0 bridgehead atoms. The van der Waals surface area contributed by atoms with Crippen molar-refractivity contribution in [2.24, 2.45) is 0 Å². The fourth-order valence-electron chi connectivity index (χ4n) is 2.22. The first-order chi connectivity index (χ1) is 12.9. The summed E-state index contributed by atoms with van der Waals surface area (Å²) in [6.45, 7) is 1.01. The van der Waals surface area contributed by atoms with Crippen molar-refractivity contribution < 1.29 is 27.2 Å². The van der Waals surface area contributed by atoms with Gasteiger partial charge in [-0.25, -0.2) is 0 Å². The Labute approximate surface area is 150 Å². The van der Waals surface area contributed by atoms with Crippen LogP contribution in [0.3, 0.4) is 0 Å². The topological polar surface area (TPSA) is 95.1 Å². The van der Waals surface area contributed by atoms with Crippen molar-refractivity contribution in [3.05, 3.63) is 48.4 Å². The van der Waals surface area contributed by atoms with Gasteiger partial charge in [0.25, 0.3) is 5.91 Å². The molecule has 0 unspecified atom stereocenters. The van der Waals surface area contributed by atoms with Gasteiger partial charge in [0.1, 0.15) is 5.75 Å². The van der Waals surface area contributed by atoms with Gasteiger partial charge >= 0.3 is 6.36 Å². The molecule has 3 rings (SSSR count). The van der Waals surface area contributed by atoms with Crippen molar-refractivity contribution in [1.82, 2.24) is 25.5 Å². The third-order valence-electron chi connectivity index (χ3n) is 3.44. The second-order valence-electron chi connectivity index (χ2n) is 5.42. The highest BCUT2D eigenvalue weighted by Crippen LogP contribution is 2.26. The minimum absolute atomic E-state index is 0.0707. The van der Waals surface area contributed by atoms with Gasteiger partial charge in [0.2, 0.25) is 0 Å². The van der Waals surface area contributed by atoms with Crippen molar-refractivity contribution >= 4 is 5.91 Å². The first-order valence-electron chi connectivity index (χ1n) is 7.86. The van der Waals surface area contributed by atoms with Crippen LogP contribution in [0.2, 0.25) is 0 Å². The van der Waals surface area contributed by atoms with Crippen LogP contribution in [-0.2, 0) is 6.54 Å². The summed E-state index contributed by atoms with van der Waals surface area (Å²) in [6, 6.07) is 6.46. The molecule has 2 aromatic heterocycles. The first kappa shape index (κ1) is 18.4. The summed E-state index contributed by atoms with van der Waals surface area (Å²) in [5.41, 5.74) is 0.531. The maximum atomic E-state index is 12.2. The minimum atomic E-state index is -4.76. The van der Waals surface area contributed by atoms with Crippen LogP contribution in [0.1, 0.15) is 16.9 Å². The highest BCUT2D eigenvalue weighted by molar-refractivity contribution is 5.93. The average Bonchev–Trinajstić information content (AvgIpc) is 3.30. The number of nitrogens with one attached hydrogen (secondary N) is 1. The smallest absolute Gasteiger partial charge is 0.406 e. The van der Waals surface area contributed by atoms with E-state index in [1.807, 2.05) is 0 Å². The van der Waals surface area contributed by atoms with Crippen LogP contribution >= 0.6 is 0 Å². The Balaban J connectivity index is 1.53. The monoisotopic (exact) mass is 381 g/mol. The number of ether oxygens (including phenoxy) is 1. The van der Waals surface area contributed by atoms with Crippen molar-refractivity contribution in [3.63, 3.8) is 0 Å². The average molecular weight is 381 g/mol. The summed E-state index contributed by atoms with van der Waals surface area (Å²) in [5, 5.41) is 13.9. The van der Waals surface area contributed by atoms with Gasteiger partial charge < -0.3 is 14.6 Å². The van der Waals surface area contributed by atoms with Crippen LogP contribution in [-0.4, -0.2) is 39.0 Å². The van der Waals surface area contributed by atoms with E-state index in [4.69, 9.17) is 4.52 Å². The number of rotatable bonds is 7. The van der Waals surface area contributed by atoms with Gasteiger partial charge in [-0.3, -0.25) is 9.48 Å². The van der Waals surface area contributed by atoms with E-state index in [9.17, 15) is 18.0 Å². The van der Waals surface area contributed by atoms with Gasteiger partial charge in [-0.1, -0.05) is 10.4 Å². The van der Waals surface area contributed by atoms with Crippen molar-refractivity contribution in [2.75, 3.05) is 6.54 Å². The van der Waals surface area contributed by atoms with Crippen molar-refractivity contribution in [2.45, 2.75) is 19.3 Å². The molecule has 8 nitrogen and oxygen atoms in total. The number of aryl methyl sites for hydroxylation is 1. The molecule has 2 heterocycles. The van der Waals surface area contributed by atoms with Gasteiger partial charge in [-0.15, -0.1) is 18.3 Å². The molecule has 1 amide bonds. The Morgan fingerprint density at radius 1 is 1.26 bits per heavy atom. The summed E-state index contributed by atoms with van der Waals surface area (Å²) < 4.78 is 47.0. The van der Waals surface area contributed by atoms with Crippen molar-refractivity contribution in [1.29, 1.82) is 0 Å². The maximum absolute atomic E-state index is 12.2. The molecule has 0 aliphatic heterocycles. The maximum Gasteiger partial charge on any atom is 0.573 e. The molecule has 0 atom stereocenters. The molecular weight excluding hydrogens is 367 g/mol. The Bertz CT molecular complexity index is 876. The number of hydrogen-bond acceptors (Lipinski definition) is 6. The lowest BCUT2D eigenvalue weighted by Crippen LogP contribution is -2.25. The third kappa shape index (κ3) is 5.30. The number of benzene rings is 1. The van der Waals surface area contributed by atoms with E-state index < -0.39 is 12.3 Å². The molecule has 0 spiro atoms. The fourth-order valence-corrected chi connectivity index (χ4v) is 2.22. The molecule has 0 saturated heterocycles. The summed E-state index contributed by atoms with van der Waals surface area (Å²) in [4.78, 5) is 12.0. The van der Waals surface area contributed by atoms with Crippen LogP contribution in [0.25, 0.3) is 11.3 Å². The van der Waals surface area contributed by atoms with Crippen LogP contribution in [0.15, 0.2) is 47.2 Å². The van der Waals surface area contributed by atoms with Gasteiger partial charge in [0.05, 0.1) is 6.20 Å². The van der Waals surface area contributed by atoms with E-state index in [0.29, 0.717) is 25.1 Å². The fraction of sp³-hybridized carbons (Fsp3) is 0.250. The number of alkyl halides is 3. The highest BCUT2D eigenvalue weighted by Gasteiger charge is 2.31. The molecule has 0 aliphatic rings. The second-order valence-corrected chi connectivity index (χ2v) is 5.42. The summed E-state index contributed by atoms with van der Waals surface area (Å²) in [6.07, 6.45) is -0.818. The Kier molecular flexibility index (Phi) is 5.38. The number of hydrogen-bond donors (Lipinski definition) is 1. The predicted molar refractivity (Wildman–Crippen MR) is 85.6 cm³/mol. The molecule has 0 aliphatic carbocycles. The zero-order valence-electron chi connectivity index (χ0n) is 13.8. The Morgan fingerprint density at radius 3 is 2.70 bits per heavy atom. The summed E-state index contributed by atoms with van der Waals surface area (Å²) >= 11 is 0. The number of carbonyl (C=O) groups is 1. The largest absolute Gasteiger partial charge is 0.573 e. The third-order valence-corrected chi connectivity index (χ3v) is 3.44. The normalized spacial score (nSPS) is 11.4. The molecule has 11 heteroatoms. The summed E-state index contributed by atoms with van der Waals surface area (Å²) in [7, 11) is 0. The van der Waals surface area contributed by atoms with Crippen molar-refractivity contribution in [3.8, 4) is 17.1 Å². The molecule has 142 valence electrons. The molecular formula is C16H14F3N5O3. The van der Waals surface area contributed by atoms with E-state index in [2.05, 4.69) is 25.5 Å². The lowest BCUT2D eigenvalue weighted by atomic mass is 10.1. The lowest BCUT2D eigenvalue weighted by Gasteiger charge is -2.08. The van der Waals surface area contributed by atoms with Crippen LogP contribution in [0.4, 0.5) is 13.2 Å². The lowest BCUT2D eigenvalue weighted by molar-refractivity contribution is -0.274. The Hall–Kier alpha value is -3.37. The predicted octanol–water partition coefficient (Wildman–Crippen LogP) is 2.65. The standard InChI is InChI=1S/C16H14F3N5O3/c17-16(18,19)26-12-4-2-11(3-5-12)14-10-13(22-27-14)15(25)20-6-1-8-24-9-7-21-23-24/h2-5,7,9-10H,1,6,8H2,(H,20,25). The van der Waals surface area contributed by atoms with Gasteiger partial charge in [-0.05, 0) is 30.7 Å². The highest BCUT2D eigenvalue weighted by atomic mass is 19.4. The number of halogens is 3. The molecule has 3 aromatic rings. The second kappa shape index (κ2) is 7.89. The number of carbonyl (C=O) groups excluding carboxylic acids is 1. The van der Waals surface area contributed by atoms with E-state index >= 15 is 0 Å². The van der Waals surface area contributed by atoms with E-state index in [-0.39, 0.29) is 17.2 Å². The van der Waals surface area contributed by atoms with E-state index in [0.717, 1.165) is 12.1 Å². The van der Waals surface area contributed by atoms with Gasteiger partial charge in [-0.2, -0.15) is 0 Å². The molecule has 0 saturated carbocycles. The molecule has 1 N–H and O–H groups in total. The number of aromatic nitrogens is 4. The van der Waals surface area contributed by atoms with E-state index in [1.165, 1.54) is 18.2 Å². The van der Waals surface area contributed by atoms with Crippen LogP contribution in [0, 0.1) is 0 Å². The van der Waals surface area contributed by atoms with Gasteiger partial charge in [0.15, 0.2) is 11.5 Å². The summed E-state index contributed by atoms with van der Waals surface area (Å²) in [5.74, 6) is -0.516. The van der Waals surface area contributed by atoms with Gasteiger partial charge in [0, 0.05) is 30.9 Å². The quantitative estimate of drug-likeness (QED) is 0.632. The molecule has 0 radical (unpaired) electrons. The van der Waals surface area contributed by atoms with Crippen LogP contribution < -0.4 is 10.1 Å². The van der Waals surface area contributed by atoms with Crippen LogP contribution in [0.5, 0.6) is 5.75 Å². The first-order valence-corrected chi connectivity index (χ1v) is 7.86. The minimum Gasteiger partial charge on any atom is -0.406 e. The number of nitrogens with zero attached hydrogens (tertiary/aromatic N) is 4.